The van der Waals surface area contributed by atoms with Crippen LogP contribution in [0.5, 0.6) is 5.75 Å². The Bertz CT molecular complexity index is 674. The van der Waals surface area contributed by atoms with Gasteiger partial charge in [0.15, 0.2) is 0 Å². The average Bonchev–Trinajstić information content (AvgIpc) is 2.49. The zero-order valence-electron chi connectivity index (χ0n) is 12.2. The largest absolute Gasteiger partial charge is 0.507 e. The maximum absolute atomic E-state index is 12.2. The average molecular weight is 364 g/mol. The van der Waals surface area contributed by atoms with Crippen molar-refractivity contribution in [3.63, 3.8) is 0 Å². The van der Waals surface area contributed by atoms with E-state index < -0.39 is 0 Å². The molecule has 0 aromatic heterocycles. The molecule has 4 rings (SSSR count). The van der Waals surface area contributed by atoms with Crippen molar-refractivity contribution in [3.8, 4) is 5.75 Å². The number of nitrogens with zero attached hydrogens (tertiary/aromatic N) is 1. The zero-order valence-corrected chi connectivity index (χ0v) is 13.8. The minimum Gasteiger partial charge on any atom is -0.507 e. The Morgan fingerprint density at radius 1 is 1.41 bits per heavy atom. The number of ketones is 1. The van der Waals surface area contributed by atoms with Gasteiger partial charge in [-0.05, 0) is 64.4 Å². The van der Waals surface area contributed by atoms with E-state index in [0.717, 1.165) is 36.8 Å². The molecule has 0 unspecified atom stereocenters. The fourth-order valence-corrected chi connectivity index (χ4v) is 5.40. The molecule has 1 saturated heterocycles. The van der Waals surface area contributed by atoms with Crippen molar-refractivity contribution < 1.29 is 14.7 Å². The van der Waals surface area contributed by atoms with E-state index in [4.69, 9.17) is 0 Å². The normalized spacial score (nSPS) is 33.1. The Labute approximate surface area is 137 Å². The van der Waals surface area contributed by atoms with Crippen molar-refractivity contribution in [2.24, 2.45) is 5.92 Å². The number of hydrogen-bond donors (Lipinski definition) is 1. The molecular weight excluding hydrogens is 346 g/mol. The number of carbonyl (C=O) groups excluding carboxylic acids is 2. The molecule has 1 aromatic carbocycles. The Morgan fingerprint density at radius 2 is 2.23 bits per heavy atom. The quantitative estimate of drug-likeness (QED) is 0.780. The Morgan fingerprint density at radius 3 is 3.00 bits per heavy atom. The van der Waals surface area contributed by atoms with Gasteiger partial charge in [-0.15, -0.1) is 0 Å². The highest BCUT2D eigenvalue weighted by atomic mass is 79.9. The predicted molar refractivity (Wildman–Crippen MR) is 84.7 cm³/mol. The topological polar surface area (TPSA) is 57.6 Å². The molecule has 1 saturated carbocycles. The van der Waals surface area contributed by atoms with E-state index in [1.54, 1.807) is 0 Å². The molecule has 5 heteroatoms. The van der Waals surface area contributed by atoms with Gasteiger partial charge in [-0.3, -0.25) is 9.59 Å². The lowest BCUT2D eigenvalue weighted by molar-refractivity contribution is -0.132. The lowest BCUT2D eigenvalue weighted by Gasteiger charge is -2.57. The Balaban J connectivity index is 1.92. The second-order valence-electron chi connectivity index (χ2n) is 6.84. The molecule has 2 aliphatic carbocycles. The van der Waals surface area contributed by atoms with E-state index in [-0.39, 0.29) is 17.2 Å². The first-order valence-corrected chi connectivity index (χ1v) is 8.59. The summed E-state index contributed by atoms with van der Waals surface area (Å²) >= 11 is 3.38. The number of piperidine rings is 1. The molecule has 1 aromatic rings. The van der Waals surface area contributed by atoms with E-state index in [1.807, 2.05) is 17.0 Å². The van der Waals surface area contributed by atoms with Crippen LogP contribution >= 0.6 is 15.9 Å². The second-order valence-corrected chi connectivity index (χ2v) is 7.70. The number of carbonyl (C=O) groups is 2. The van der Waals surface area contributed by atoms with Crippen molar-refractivity contribution in [1.82, 2.24) is 4.90 Å². The van der Waals surface area contributed by atoms with Crippen molar-refractivity contribution in [2.75, 3.05) is 6.54 Å². The van der Waals surface area contributed by atoms with E-state index in [2.05, 4.69) is 15.9 Å². The van der Waals surface area contributed by atoms with Crippen LogP contribution in [0, 0.1) is 5.92 Å². The fourth-order valence-electron chi connectivity index (χ4n) is 5.00. The number of phenols is 1. The number of benzene rings is 1. The minimum atomic E-state index is -0.189. The molecule has 22 heavy (non-hydrogen) atoms. The number of halogens is 1. The van der Waals surface area contributed by atoms with Crippen LogP contribution in [-0.4, -0.2) is 34.8 Å². The predicted octanol–water partition coefficient (Wildman–Crippen LogP) is 2.55. The van der Waals surface area contributed by atoms with E-state index in [0.29, 0.717) is 35.6 Å². The van der Waals surface area contributed by atoms with Gasteiger partial charge in [-0.1, -0.05) is 0 Å². The van der Waals surface area contributed by atoms with Gasteiger partial charge in [0.05, 0.1) is 4.47 Å². The van der Waals surface area contributed by atoms with Gasteiger partial charge in [0, 0.05) is 30.8 Å². The number of hydrogen-bond acceptors (Lipinski definition) is 3. The number of aromatic hydroxyl groups is 1. The number of phenolic OH excluding ortho intramolecular Hbond substituents is 1. The van der Waals surface area contributed by atoms with E-state index >= 15 is 0 Å². The Hall–Kier alpha value is -1.36. The summed E-state index contributed by atoms with van der Waals surface area (Å²) in [6.45, 7) is 0.703. The first-order chi connectivity index (χ1) is 10.5. The maximum Gasteiger partial charge on any atom is 0.209 e. The lowest BCUT2D eigenvalue weighted by atomic mass is 9.52. The summed E-state index contributed by atoms with van der Waals surface area (Å²) < 4.78 is 0.680. The number of fused-ring (bicyclic) bond motifs is 1. The molecule has 1 aliphatic heterocycles. The van der Waals surface area contributed by atoms with Gasteiger partial charge in [-0.25, -0.2) is 0 Å². The van der Waals surface area contributed by atoms with Crippen LogP contribution < -0.4 is 0 Å². The summed E-state index contributed by atoms with van der Waals surface area (Å²) in [6, 6.07) is 3.99. The highest BCUT2D eigenvalue weighted by Crippen LogP contribution is 2.55. The summed E-state index contributed by atoms with van der Waals surface area (Å²) in [4.78, 5) is 25.5. The van der Waals surface area contributed by atoms with Crippen LogP contribution in [0.1, 0.15) is 36.8 Å². The van der Waals surface area contributed by atoms with E-state index in [9.17, 15) is 14.7 Å². The van der Waals surface area contributed by atoms with Crippen LogP contribution in [0.3, 0.4) is 0 Å². The van der Waals surface area contributed by atoms with Gasteiger partial charge in [-0.2, -0.15) is 0 Å². The van der Waals surface area contributed by atoms with Crippen LogP contribution in [0.25, 0.3) is 0 Å². The van der Waals surface area contributed by atoms with Crippen molar-refractivity contribution in [1.29, 1.82) is 0 Å². The molecule has 1 heterocycles. The third-order valence-electron chi connectivity index (χ3n) is 5.94. The maximum atomic E-state index is 12.2. The highest BCUT2D eigenvalue weighted by Gasteiger charge is 2.55. The molecule has 0 spiro atoms. The first-order valence-electron chi connectivity index (χ1n) is 7.80. The standard InChI is InChI=1S/C17H18BrNO3/c18-14-5-10-6-15-12-2-1-11(21)8-17(12,3-4-19(15)9-20)13(10)7-16(14)22/h5,7,9,12,15,22H,1-4,6,8H2/t12-,15+,17+/m0/s1. The molecular formula is C17H18BrNO3. The minimum absolute atomic E-state index is 0.184. The third kappa shape index (κ3) is 1.81. The van der Waals surface area contributed by atoms with Crippen molar-refractivity contribution in [3.05, 3.63) is 27.7 Å². The van der Waals surface area contributed by atoms with Crippen LogP contribution in [0.2, 0.25) is 0 Å². The SMILES string of the molecule is O=CN1CC[C@@]23CC(=O)CC[C@H]2[C@H]1Cc1cc(Br)c(O)cc13. The fraction of sp³-hybridized carbons (Fsp3) is 0.529. The molecule has 1 amide bonds. The van der Waals surface area contributed by atoms with Gasteiger partial charge in [0.25, 0.3) is 0 Å². The number of amides is 1. The van der Waals surface area contributed by atoms with Gasteiger partial charge in [0.1, 0.15) is 11.5 Å². The third-order valence-corrected chi connectivity index (χ3v) is 6.57. The summed E-state index contributed by atoms with van der Waals surface area (Å²) in [5.74, 6) is 0.878. The molecule has 0 radical (unpaired) electrons. The number of Topliss-reactive ketones (excluding diaryl/α,β-unsaturated/α-hetero) is 1. The molecule has 2 fully saturated rings. The molecule has 2 bridgehead atoms. The van der Waals surface area contributed by atoms with Gasteiger partial charge >= 0.3 is 0 Å². The molecule has 3 atom stereocenters. The van der Waals surface area contributed by atoms with Crippen LogP contribution in [0.15, 0.2) is 16.6 Å². The Kier molecular flexibility index (Phi) is 3.12. The molecule has 3 aliphatic rings. The molecule has 4 nitrogen and oxygen atoms in total. The van der Waals surface area contributed by atoms with Crippen molar-refractivity contribution >= 4 is 28.1 Å². The lowest BCUT2D eigenvalue weighted by Crippen LogP contribution is -2.61. The van der Waals surface area contributed by atoms with E-state index in [1.165, 1.54) is 0 Å². The summed E-state index contributed by atoms with van der Waals surface area (Å²) in [5.41, 5.74) is 2.10. The number of rotatable bonds is 1. The van der Waals surface area contributed by atoms with Gasteiger partial charge < -0.3 is 10.0 Å². The number of likely N-dealkylation sites (tertiary alicyclic amines) is 1. The summed E-state index contributed by atoms with van der Waals surface area (Å²) in [7, 11) is 0. The summed E-state index contributed by atoms with van der Waals surface area (Å²) in [5, 5.41) is 10.1. The summed E-state index contributed by atoms with van der Waals surface area (Å²) in [6.07, 6.45) is 4.61. The highest BCUT2D eigenvalue weighted by molar-refractivity contribution is 9.10. The van der Waals surface area contributed by atoms with Gasteiger partial charge in [0.2, 0.25) is 6.41 Å². The van der Waals surface area contributed by atoms with Crippen LogP contribution in [0.4, 0.5) is 0 Å². The first kappa shape index (κ1) is 14.2. The zero-order chi connectivity index (χ0) is 15.5. The molecule has 1 N–H and O–H groups in total. The monoisotopic (exact) mass is 363 g/mol. The smallest absolute Gasteiger partial charge is 0.209 e. The molecule has 116 valence electrons. The van der Waals surface area contributed by atoms with Crippen LogP contribution in [-0.2, 0) is 21.4 Å². The second kappa shape index (κ2) is 4.82. The van der Waals surface area contributed by atoms with Crippen molar-refractivity contribution in [2.45, 2.75) is 43.6 Å².